The molecule has 2 nitrogen and oxygen atoms in total. The van der Waals surface area contributed by atoms with E-state index in [1.165, 1.54) is 17.7 Å². The van der Waals surface area contributed by atoms with Crippen molar-refractivity contribution in [3.05, 3.63) is 34.5 Å². The first-order valence-corrected chi connectivity index (χ1v) is 2.52. The molecule has 0 atom stereocenters. The smallest absolute Gasteiger partial charge is 0.250 e. The molecule has 1 aromatic rings. The van der Waals surface area contributed by atoms with E-state index in [2.05, 4.69) is 0 Å². The first-order chi connectivity index (χ1) is 4.20. The van der Waals surface area contributed by atoms with Crippen LogP contribution in [-0.2, 0) is 7.05 Å². The topological polar surface area (TPSA) is 22.0 Å². The Bertz CT molecular complexity index is 266. The highest BCUT2D eigenvalue weighted by Crippen LogP contribution is 1.87. The number of nitrogens with zero attached hydrogens (tertiary/aromatic N) is 1. The highest BCUT2D eigenvalue weighted by molar-refractivity contribution is 4.95. The molecule has 0 bridgehead atoms. The van der Waals surface area contributed by atoms with E-state index in [0.717, 1.165) is 12.3 Å². The summed E-state index contributed by atoms with van der Waals surface area (Å²) in [5.41, 5.74) is -0.198. The molecule has 0 saturated carbocycles. The maximum atomic E-state index is 12.2. The molecule has 0 unspecified atom stereocenters. The average Bonchev–Trinajstić information content (AvgIpc) is 1.80. The van der Waals surface area contributed by atoms with Crippen LogP contribution >= 0.6 is 0 Å². The molecule has 0 aliphatic rings. The minimum absolute atomic E-state index is 0.198. The molecule has 0 aromatic carbocycles. The van der Waals surface area contributed by atoms with Crippen molar-refractivity contribution in [3.63, 3.8) is 0 Å². The molecule has 1 heterocycles. The lowest BCUT2D eigenvalue weighted by Crippen LogP contribution is -2.14. The summed E-state index contributed by atoms with van der Waals surface area (Å²) in [5, 5.41) is 0. The molecule has 3 heteroatoms. The fourth-order valence-corrected chi connectivity index (χ4v) is 0.560. The van der Waals surface area contributed by atoms with Gasteiger partial charge in [-0.2, -0.15) is 0 Å². The van der Waals surface area contributed by atoms with E-state index in [1.807, 2.05) is 0 Å². The largest absolute Gasteiger partial charge is 0.316 e. The van der Waals surface area contributed by atoms with Gasteiger partial charge in [0.15, 0.2) is 0 Å². The number of rotatable bonds is 0. The summed E-state index contributed by atoms with van der Waals surface area (Å²) in [6, 6.07) is 2.33. The van der Waals surface area contributed by atoms with Crippen LogP contribution in [0.3, 0.4) is 0 Å². The summed E-state index contributed by atoms with van der Waals surface area (Å²) < 4.78 is 13.4. The zero-order valence-corrected chi connectivity index (χ0v) is 4.97. The van der Waals surface area contributed by atoms with Crippen LogP contribution in [0.2, 0.25) is 0 Å². The zero-order valence-electron chi connectivity index (χ0n) is 4.97. The van der Waals surface area contributed by atoms with Crippen LogP contribution < -0.4 is 5.56 Å². The van der Waals surface area contributed by atoms with E-state index in [-0.39, 0.29) is 5.56 Å². The number of hydrogen-bond donors (Lipinski definition) is 0. The fourth-order valence-electron chi connectivity index (χ4n) is 0.560. The lowest BCUT2D eigenvalue weighted by Gasteiger charge is -1.92. The number of hydrogen-bond acceptors (Lipinski definition) is 1. The molecule has 48 valence electrons. The number of aryl methyl sites for hydroxylation is 1. The summed E-state index contributed by atoms with van der Waals surface area (Å²) in [6.45, 7) is 0. The Hall–Kier alpha value is -1.12. The number of pyridine rings is 1. The van der Waals surface area contributed by atoms with Gasteiger partial charge in [-0.25, -0.2) is 4.39 Å². The van der Waals surface area contributed by atoms with Crippen LogP contribution in [0.1, 0.15) is 0 Å². The second kappa shape index (κ2) is 2.01. The quantitative estimate of drug-likeness (QED) is 0.498. The minimum Gasteiger partial charge on any atom is -0.316 e. The molecule has 0 N–H and O–H groups in total. The second-order valence-electron chi connectivity index (χ2n) is 1.80. The number of aromatic nitrogens is 1. The van der Waals surface area contributed by atoms with E-state index in [1.54, 1.807) is 0 Å². The Morgan fingerprint density at radius 2 is 2.22 bits per heavy atom. The van der Waals surface area contributed by atoms with Crippen molar-refractivity contribution < 1.29 is 4.39 Å². The predicted molar refractivity (Wildman–Crippen MR) is 31.6 cm³/mol. The van der Waals surface area contributed by atoms with Crippen molar-refractivity contribution in [2.24, 2.45) is 7.05 Å². The Kier molecular flexibility index (Phi) is 1.34. The van der Waals surface area contributed by atoms with Crippen molar-refractivity contribution in [2.45, 2.75) is 0 Å². The van der Waals surface area contributed by atoms with E-state index in [0.29, 0.717) is 0 Å². The Morgan fingerprint density at radius 1 is 1.56 bits per heavy atom. The van der Waals surface area contributed by atoms with Crippen molar-refractivity contribution in [2.75, 3.05) is 0 Å². The van der Waals surface area contributed by atoms with E-state index in [9.17, 15) is 9.18 Å². The third-order valence-electron chi connectivity index (χ3n) is 1.05. The normalized spacial score (nSPS) is 9.56. The fraction of sp³-hybridized carbons (Fsp3) is 0.167. The van der Waals surface area contributed by atoms with Gasteiger partial charge >= 0.3 is 0 Å². The molecule has 0 spiro atoms. The maximum absolute atomic E-state index is 12.2. The van der Waals surface area contributed by atoms with Crippen molar-refractivity contribution in [3.8, 4) is 0 Å². The molecule has 0 aliphatic carbocycles. The van der Waals surface area contributed by atoms with Crippen molar-refractivity contribution in [1.82, 2.24) is 4.57 Å². The van der Waals surface area contributed by atoms with Gasteiger partial charge in [-0.15, -0.1) is 0 Å². The third kappa shape index (κ3) is 1.16. The van der Waals surface area contributed by atoms with Crippen LogP contribution in [0.25, 0.3) is 0 Å². The number of halogens is 1. The summed E-state index contributed by atoms with van der Waals surface area (Å²) in [6.07, 6.45) is 1.14. The molecule has 9 heavy (non-hydrogen) atoms. The monoisotopic (exact) mass is 127 g/mol. The van der Waals surface area contributed by atoms with Crippen molar-refractivity contribution in [1.29, 1.82) is 0 Å². The van der Waals surface area contributed by atoms with Gasteiger partial charge in [0.1, 0.15) is 5.82 Å². The zero-order chi connectivity index (χ0) is 6.85. The van der Waals surface area contributed by atoms with Gasteiger partial charge < -0.3 is 4.57 Å². The van der Waals surface area contributed by atoms with E-state index in [4.69, 9.17) is 0 Å². The maximum Gasteiger partial charge on any atom is 0.250 e. The van der Waals surface area contributed by atoms with Gasteiger partial charge in [0.05, 0.1) is 0 Å². The predicted octanol–water partition coefficient (Wildman–Crippen LogP) is 0.524. The molecule has 1 rings (SSSR count). The van der Waals surface area contributed by atoms with Gasteiger partial charge in [0.2, 0.25) is 5.56 Å². The SMILES string of the molecule is Cn1cc(F)ccc1=O. The van der Waals surface area contributed by atoms with Crippen LogP contribution in [0, 0.1) is 5.82 Å². The van der Waals surface area contributed by atoms with E-state index < -0.39 is 5.82 Å². The van der Waals surface area contributed by atoms with Gasteiger partial charge in [0, 0.05) is 19.3 Å². The molecule has 0 saturated heterocycles. The molecule has 0 radical (unpaired) electrons. The minimum atomic E-state index is -0.392. The molecule has 0 amide bonds. The summed E-state index contributed by atoms with van der Waals surface area (Å²) in [7, 11) is 1.51. The Labute approximate surface area is 51.6 Å². The highest BCUT2D eigenvalue weighted by atomic mass is 19.1. The second-order valence-corrected chi connectivity index (χ2v) is 1.80. The van der Waals surface area contributed by atoms with Gasteiger partial charge in [-0.3, -0.25) is 4.79 Å². The first-order valence-electron chi connectivity index (χ1n) is 2.52. The average molecular weight is 127 g/mol. The lowest BCUT2D eigenvalue weighted by molar-refractivity contribution is 0.605. The first kappa shape index (κ1) is 6.01. The van der Waals surface area contributed by atoms with Crippen LogP contribution in [0.4, 0.5) is 4.39 Å². The summed E-state index contributed by atoms with van der Waals surface area (Å²) in [5.74, 6) is -0.392. The standard InChI is InChI=1S/C6H6FNO/c1-8-4-5(7)2-3-6(8)9/h2-4H,1H3. The molecular formula is C6H6FNO. The van der Waals surface area contributed by atoms with Gasteiger partial charge in [0.25, 0.3) is 0 Å². The lowest BCUT2D eigenvalue weighted by atomic mass is 10.5. The van der Waals surface area contributed by atoms with Crippen LogP contribution in [0.15, 0.2) is 23.1 Å². The van der Waals surface area contributed by atoms with Crippen molar-refractivity contribution >= 4 is 0 Å². The van der Waals surface area contributed by atoms with Crippen LogP contribution in [0.5, 0.6) is 0 Å². The Balaban J connectivity index is 3.34. The third-order valence-corrected chi connectivity index (χ3v) is 1.05. The van der Waals surface area contributed by atoms with Gasteiger partial charge in [-0.1, -0.05) is 0 Å². The summed E-state index contributed by atoms with van der Waals surface area (Å²) >= 11 is 0. The Morgan fingerprint density at radius 3 is 2.67 bits per heavy atom. The van der Waals surface area contributed by atoms with Crippen LogP contribution in [-0.4, -0.2) is 4.57 Å². The van der Waals surface area contributed by atoms with E-state index >= 15 is 0 Å². The highest BCUT2D eigenvalue weighted by Gasteiger charge is 1.89. The molecule has 1 aromatic heterocycles. The molecule has 0 aliphatic heterocycles. The molecular weight excluding hydrogens is 121 g/mol. The summed E-state index contributed by atoms with van der Waals surface area (Å²) in [4.78, 5) is 10.6. The molecule has 0 fully saturated rings. The van der Waals surface area contributed by atoms with Gasteiger partial charge in [-0.05, 0) is 6.07 Å².